The first kappa shape index (κ1) is 14.5. The number of hydrogen-bond acceptors (Lipinski definition) is 4. The van der Waals surface area contributed by atoms with Gasteiger partial charge in [-0.15, -0.1) is 0 Å². The van der Waals surface area contributed by atoms with Crippen LogP contribution in [0.1, 0.15) is 15.9 Å². The van der Waals surface area contributed by atoms with Gasteiger partial charge in [0.2, 0.25) is 0 Å². The van der Waals surface area contributed by atoms with E-state index in [4.69, 9.17) is 0 Å². The molecule has 21 heavy (non-hydrogen) atoms. The molecule has 2 aromatic carbocycles. The minimum Gasteiger partial charge on any atom is -0.508 e. The molecule has 0 spiro atoms. The fraction of sp³-hybridized carbons (Fsp3) is 0.133. The molecule has 0 bridgehead atoms. The number of anilines is 1. The largest absolute Gasteiger partial charge is 0.508 e. The highest BCUT2D eigenvalue weighted by Crippen LogP contribution is 2.23. The van der Waals surface area contributed by atoms with Gasteiger partial charge in [-0.2, -0.15) is 0 Å². The molecule has 0 radical (unpaired) electrons. The van der Waals surface area contributed by atoms with E-state index in [0.29, 0.717) is 11.3 Å². The van der Waals surface area contributed by atoms with E-state index in [0.717, 1.165) is 0 Å². The SMILES string of the molecule is Cc1ccc([N+](=O)[O-])cc1C(=O)N(C)c1cccc(O)c1. The summed E-state index contributed by atoms with van der Waals surface area (Å²) in [7, 11) is 1.55. The number of non-ortho nitro benzene ring substituents is 1. The van der Waals surface area contributed by atoms with Crippen molar-refractivity contribution in [3.63, 3.8) is 0 Å². The number of aryl methyl sites for hydroxylation is 1. The summed E-state index contributed by atoms with van der Waals surface area (Å²) in [6, 6.07) is 10.4. The first-order valence-corrected chi connectivity index (χ1v) is 6.22. The van der Waals surface area contributed by atoms with Gasteiger partial charge in [0.05, 0.1) is 4.92 Å². The topological polar surface area (TPSA) is 83.7 Å². The molecule has 0 unspecified atom stereocenters. The van der Waals surface area contributed by atoms with Gasteiger partial charge >= 0.3 is 0 Å². The van der Waals surface area contributed by atoms with Crippen molar-refractivity contribution in [2.75, 3.05) is 11.9 Å². The van der Waals surface area contributed by atoms with E-state index >= 15 is 0 Å². The van der Waals surface area contributed by atoms with Gasteiger partial charge in [0.25, 0.3) is 11.6 Å². The molecule has 0 fully saturated rings. The molecule has 2 aromatic rings. The predicted molar refractivity (Wildman–Crippen MR) is 78.7 cm³/mol. The van der Waals surface area contributed by atoms with Crippen molar-refractivity contribution in [2.24, 2.45) is 0 Å². The molecule has 0 aromatic heterocycles. The maximum absolute atomic E-state index is 12.5. The molecule has 0 saturated carbocycles. The maximum Gasteiger partial charge on any atom is 0.270 e. The van der Waals surface area contributed by atoms with Crippen LogP contribution in [0.2, 0.25) is 0 Å². The van der Waals surface area contributed by atoms with Crippen molar-refractivity contribution < 1.29 is 14.8 Å². The first-order chi connectivity index (χ1) is 9.90. The third-order valence-corrected chi connectivity index (χ3v) is 3.18. The Morgan fingerprint density at radius 2 is 1.95 bits per heavy atom. The quantitative estimate of drug-likeness (QED) is 0.694. The second-order valence-electron chi connectivity index (χ2n) is 4.64. The molecule has 6 nitrogen and oxygen atoms in total. The number of nitro benzene ring substituents is 1. The summed E-state index contributed by atoms with van der Waals surface area (Å²) in [5, 5.41) is 20.3. The number of hydrogen-bond donors (Lipinski definition) is 1. The summed E-state index contributed by atoms with van der Waals surface area (Å²) >= 11 is 0. The molecular formula is C15H14N2O4. The Bertz CT molecular complexity index is 713. The number of aromatic hydroxyl groups is 1. The standard InChI is InChI=1S/C15H14N2O4/c1-10-6-7-12(17(20)21)9-14(10)15(19)16(2)11-4-3-5-13(18)8-11/h3-9,18H,1-2H3. The lowest BCUT2D eigenvalue weighted by molar-refractivity contribution is -0.384. The maximum atomic E-state index is 12.5. The van der Waals surface area contributed by atoms with E-state index in [1.54, 1.807) is 32.2 Å². The van der Waals surface area contributed by atoms with Crippen molar-refractivity contribution in [1.29, 1.82) is 0 Å². The van der Waals surface area contributed by atoms with Gasteiger partial charge in [-0.05, 0) is 24.6 Å². The van der Waals surface area contributed by atoms with Gasteiger partial charge in [0.1, 0.15) is 5.75 Å². The van der Waals surface area contributed by atoms with E-state index in [2.05, 4.69) is 0 Å². The molecule has 0 heterocycles. The summed E-state index contributed by atoms with van der Waals surface area (Å²) < 4.78 is 0. The molecule has 1 amide bonds. The first-order valence-electron chi connectivity index (χ1n) is 6.22. The van der Waals surface area contributed by atoms with Crippen LogP contribution in [0, 0.1) is 17.0 Å². The third-order valence-electron chi connectivity index (χ3n) is 3.18. The normalized spacial score (nSPS) is 10.2. The van der Waals surface area contributed by atoms with Gasteiger partial charge < -0.3 is 10.0 Å². The highest BCUT2D eigenvalue weighted by atomic mass is 16.6. The summed E-state index contributed by atoms with van der Waals surface area (Å²) in [6.45, 7) is 1.72. The fourth-order valence-corrected chi connectivity index (χ4v) is 1.95. The fourth-order valence-electron chi connectivity index (χ4n) is 1.95. The zero-order valence-electron chi connectivity index (χ0n) is 11.6. The second-order valence-corrected chi connectivity index (χ2v) is 4.64. The Hall–Kier alpha value is -2.89. The number of carbonyl (C=O) groups excluding carboxylic acids is 1. The highest BCUT2D eigenvalue weighted by Gasteiger charge is 2.19. The lowest BCUT2D eigenvalue weighted by atomic mass is 10.1. The number of benzene rings is 2. The van der Waals surface area contributed by atoms with E-state index < -0.39 is 4.92 Å². The van der Waals surface area contributed by atoms with Crippen LogP contribution in [0.25, 0.3) is 0 Å². The third kappa shape index (κ3) is 3.00. The molecule has 0 atom stereocenters. The molecular weight excluding hydrogens is 272 g/mol. The molecule has 2 rings (SSSR count). The number of phenols is 1. The number of nitro groups is 1. The number of phenolic OH excluding ortho intramolecular Hbond substituents is 1. The van der Waals surface area contributed by atoms with Crippen molar-refractivity contribution in [1.82, 2.24) is 0 Å². The Kier molecular flexibility index (Phi) is 3.89. The molecule has 0 aliphatic rings. The summed E-state index contributed by atoms with van der Waals surface area (Å²) in [5.74, 6) is -0.329. The number of carbonyl (C=O) groups is 1. The van der Waals surface area contributed by atoms with Crippen LogP contribution in [-0.4, -0.2) is 23.0 Å². The number of nitrogens with zero attached hydrogens (tertiary/aromatic N) is 2. The average Bonchev–Trinajstić information content (AvgIpc) is 2.46. The van der Waals surface area contributed by atoms with E-state index in [1.807, 2.05) is 0 Å². The monoisotopic (exact) mass is 286 g/mol. The predicted octanol–water partition coefficient (Wildman–Crippen LogP) is 2.89. The summed E-state index contributed by atoms with van der Waals surface area (Å²) in [5.41, 5.74) is 1.28. The Balaban J connectivity index is 2.39. The molecule has 1 N–H and O–H groups in total. The van der Waals surface area contributed by atoms with Crippen LogP contribution in [0.3, 0.4) is 0 Å². The molecule has 108 valence electrons. The highest BCUT2D eigenvalue weighted by molar-refractivity contribution is 6.07. The van der Waals surface area contributed by atoms with Crippen molar-refractivity contribution in [3.8, 4) is 5.75 Å². The van der Waals surface area contributed by atoms with Crippen molar-refractivity contribution in [2.45, 2.75) is 6.92 Å². The van der Waals surface area contributed by atoms with Crippen LogP contribution in [0.4, 0.5) is 11.4 Å². The minimum absolute atomic E-state index is 0.0444. The van der Waals surface area contributed by atoms with Crippen LogP contribution in [0.15, 0.2) is 42.5 Å². The van der Waals surface area contributed by atoms with Crippen LogP contribution in [-0.2, 0) is 0 Å². The Morgan fingerprint density at radius 1 is 1.24 bits per heavy atom. The average molecular weight is 286 g/mol. The minimum atomic E-state index is -0.537. The van der Waals surface area contributed by atoms with E-state index in [1.165, 1.54) is 29.2 Å². The van der Waals surface area contributed by atoms with E-state index in [9.17, 15) is 20.0 Å². The lowest BCUT2D eigenvalue weighted by Crippen LogP contribution is -2.26. The summed E-state index contributed by atoms with van der Waals surface area (Å²) in [6.07, 6.45) is 0. The smallest absolute Gasteiger partial charge is 0.270 e. The zero-order valence-corrected chi connectivity index (χ0v) is 11.6. The van der Waals surface area contributed by atoms with Crippen molar-refractivity contribution >= 4 is 17.3 Å². The van der Waals surface area contributed by atoms with Crippen LogP contribution < -0.4 is 4.90 Å². The van der Waals surface area contributed by atoms with Gasteiger partial charge in [0, 0.05) is 36.5 Å². The second kappa shape index (κ2) is 5.62. The Labute approximate surface area is 121 Å². The number of amides is 1. The van der Waals surface area contributed by atoms with Gasteiger partial charge in [-0.1, -0.05) is 12.1 Å². The van der Waals surface area contributed by atoms with Crippen LogP contribution >= 0.6 is 0 Å². The molecule has 0 aliphatic heterocycles. The van der Waals surface area contributed by atoms with Crippen LogP contribution in [0.5, 0.6) is 5.75 Å². The van der Waals surface area contributed by atoms with Crippen molar-refractivity contribution in [3.05, 3.63) is 63.7 Å². The van der Waals surface area contributed by atoms with E-state index in [-0.39, 0.29) is 22.9 Å². The number of rotatable bonds is 3. The summed E-state index contributed by atoms with van der Waals surface area (Å²) in [4.78, 5) is 24.1. The van der Waals surface area contributed by atoms with Gasteiger partial charge in [0.15, 0.2) is 0 Å². The molecule has 0 aliphatic carbocycles. The van der Waals surface area contributed by atoms with Gasteiger partial charge in [-0.3, -0.25) is 14.9 Å². The zero-order chi connectivity index (χ0) is 15.6. The van der Waals surface area contributed by atoms with Gasteiger partial charge in [-0.25, -0.2) is 0 Å². The molecule has 6 heteroatoms. The lowest BCUT2D eigenvalue weighted by Gasteiger charge is -2.18. The Morgan fingerprint density at radius 3 is 2.57 bits per heavy atom. The molecule has 0 saturated heterocycles.